The molecule has 0 unspecified atom stereocenters. The average molecular weight is 297 g/mol. The number of hydrogen-bond donors (Lipinski definition) is 1. The lowest BCUT2D eigenvalue weighted by Crippen LogP contribution is -2.34. The highest BCUT2D eigenvalue weighted by molar-refractivity contribution is 7.89. The van der Waals surface area contributed by atoms with Crippen LogP contribution in [0.2, 0.25) is 0 Å². The molecule has 20 heavy (non-hydrogen) atoms. The van der Waals surface area contributed by atoms with Gasteiger partial charge in [-0.2, -0.15) is 9.57 Å². The first-order chi connectivity index (χ1) is 9.43. The largest absolute Gasteiger partial charge is 0.398 e. The second-order valence-electron chi connectivity index (χ2n) is 4.32. The zero-order valence-electron chi connectivity index (χ0n) is 11.7. The Kier molecular flexibility index (Phi) is 5.95. The van der Waals surface area contributed by atoms with E-state index in [1.165, 1.54) is 23.5 Å². The van der Waals surface area contributed by atoms with Gasteiger partial charge in [-0.25, -0.2) is 8.42 Å². The van der Waals surface area contributed by atoms with Crippen molar-refractivity contribution in [1.29, 1.82) is 5.26 Å². The molecule has 0 saturated carbocycles. The van der Waals surface area contributed by atoms with Gasteiger partial charge in [0.2, 0.25) is 10.0 Å². The number of sulfonamides is 1. The lowest BCUT2D eigenvalue weighted by Gasteiger charge is -2.21. The number of nitrogens with zero attached hydrogens (tertiary/aromatic N) is 2. The first kappa shape index (κ1) is 16.4. The first-order valence-electron chi connectivity index (χ1n) is 6.15. The van der Waals surface area contributed by atoms with Crippen molar-refractivity contribution in [2.75, 3.05) is 32.5 Å². The van der Waals surface area contributed by atoms with Crippen LogP contribution in [-0.2, 0) is 14.8 Å². The maximum Gasteiger partial charge on any atom is 0.243 e. The number of aryl methyl sites for hydroxylation is 1. The Labute approximate surface area is 119 Å². The van der Waals surface area contributed by atoms with E-state index in [4.69, 9.17) is 15.7 Å². The summed E-state index contributed by atoms with van der Waals surface area (Å²) in [4.78, 5) is 0.134. The van der Waals surface area contributed by atoms with Gasteiger partial charge in [0.1, 0.15) is 0 Å². The molecule has 0 aromatic heterocycles. The highest BCUT2D eigenvalue weighted by Gasteiger charge is 2.24. The molecule has 0 bridgehead atoms. The van der Waals surface area contributed by atoms with E-state index in [1.54, 1.807) is 6.07 Å². The van der Waals surface area contributed by atoms with Crippen LogP contribution in [0, 0.1) is 18.3 Å². The average Bonchev–Trinajstić information content (AvgIpc) is 2.41. The molecular weight excluding hydrogens is 278 g/mol. The van der Waals surface area contributed by atoms with Crippen LogP contribution in [0.1, 0.15) is 12.0 Å². The fourth-order valence-electron chi connectivity index (χ4n) is 1.65. The molecule has 1 aromatic rings. The van der Waals surface area contributed by atoms with E-state index in [2.05, 4.69) is 0 Å². The van der Waals surface area contributed by atoms with Crippen molar-refractivity contribution in [3.63, 3.8) is 0 Å². The number of benzene rings is 1. The summed E-state index contributed by atoms with van der Waals surface area (Å²) in [5.74, 6) is 0. The minimum absolute atomic E-state index is 0.129. The normalized spacial score (nSPS) is 11.5. The van der Waals surface area contributed by atoms with E-state index in [-0.39, 0.29) is 31.0 Å². The smallest absolute Gasteiger partial charge is 0.243 e. The molecule has 0 radical (unpaired) electrons. The molecule has 0 fully saturated rings. The van der Waals surface area contributed by atoms with E-state index in [0.29, 0.717) is 5.69 Å². The van der Waals surface area contributed by atoms with Gasteiger partial charge in [0, 0.05) is 32.3 Å². The Morgan fingerprint density at radius 3 is 2.65 bits per heavy atom. The molecule has 0 atom stereocenters. The molecule has 0 aliphatic carbocycles. The quantitative estimate of drug-likeness (QED) is 0.761. The van der Waals surface area contributed by atoms with Gasteiger partial charge in [-0.1, -0.05) is 6.07 Å². The van der Waals surface area contributed by atoms with Crippen molar-refractivity contribution in [3.05, 3.63) is 23.8 Å². The lowest BCUT2D eigenvalue weighted by molar-refractivity contribution is 0.179. The number of nitrogens with two attached hydrogens (primary N) is 1. The van der Waals surface area contributed by atoms with Crippen LogP contribution in [0.25, 0.3) is 0 Å². The highest BCUT2D eigenvalue weighted by atomic mass is 32.2. The van der Waals surface area contributed by atoms with E-state index < -0.39 is 10.0 Å². The van der Waals surface area contributed by atoms with Gasteiger partial charge in [-0.3, -0.25) is 0 Å². The standard InChI is InChI=1S/C13H19N3O3S/c1-11-4-5-12(10-13(11)15)20(17,18)16(7-3-6-14)8-9-19-2/h4-5,10H,3,7-9,15H2,1-2H3. The Morgan fingerprint density at radius 1 is 1.40 bits per heavy atom. The summed E-state index contributed by atoms with van der Waals surface area (Å²) in [6.07, 6.45) is 0.129. The fraction of sp³-hybridized carbons (Fsp3) is 0.462. The van der Waals surface area contributed by atoms with Crippen molar-refractivity contribution in [2.24, 2.45) is 0 Å². The molecule has 0 aliphatic heterocycles. The second-order valence-corrected chi connectivity index (χ2v) is 6.26. The SMILES string of the molecule is COCCN(CCC#N)S(=O)(=O)c1ccc(C)c(N)c1. The number of methoxy groups -OCH3 is 1. The summed E-state index contributed by atoms with van der Waals surface area (Å²) >= 11 is 0. The second kappa shape index (κ2) is 7.24. The summed E-state index contributed by atoms with van der Waals surface area (Å²) < 4.78 is 31.2. The Bertz CT molecular complexity index is 593. The van der Waals surface area contributed by atoms with Gasteiger partial charge in [0.15, 0.2) is 0 Å². The zero-order valence-corrected chi connectivity index (χ0v) is 12.5. The number of nitriles is 1. The van der Waals surface area contributed by atoms with E-state index in [9.17, 15) is 8.42 Å². The third-order valence-corrected chi connectivity index (χ3v) is 4.80. The van der Waals surface area contributed by atoms with Gasteiger partial charge in [-0.05, 0) is 24.6 Å². The number of rotatable bonds is 7. The van der Waals surface area contributed by atoms with Crippen LogP contribution in [0.4, 0.5) is 5.69 Å². The number of ether oxygens (including phenoxy) is 1. The number of nitrogen functional groups attached to an aromatic ring is 1. The Balaban J connectivity index is 3.07. The maximum atomic E-state index is 12.5. The molecular formula is C13H19N3O3S. The fourth-order valence-corrected chi connectivity index (χ4v) is 3.11. The maximum absolute atomic E-state index is 12.5. The summed E-state index contributed by atoms with van der Waals surface area (Å²) in [5, 5.41) is 8.63. The molecule has 2 N–H and O–H groups in total. The Morgan fingerprint density at radius 2 is 2.10 bits per heavy atom. The summed E-state index contributed by atoms with van der Waals surface area (Å²) in [5.41, 5.74) is 7.01. The van der Waals surface area contributed by atoms with E-state index >= 15 is 0 Å². The predicted molar refractivity (Wildman–Crippen MR) is 76.5 cm³/mol. The molecule has 0 heterocycles. The van der Waals surface area contributed by atoms with Gasteiger partial charge in [-0.15, -0.1) is 0 Å². The van der Waals surface area contributed by atoms with Crippen LogP contribution in [0.5, 0.6) is 0 Å². The van der Waals surface area contributed by atoms with Crippen molar-refractivity contribution in [1.82, 2.24) is 4.31 Å². The van der Waals surface area contributed by atoms with E-state index in [1.807, 2.05) is 13.0 Å². The number of hydrogen-bond acceptors (Lipinski definition) is 5. The van der Waals surface area contributed by atoms with Crippen LogP contribution in [0.15, 0.2) is 23.1 Å². The molecule has 6 nitrogen and oxygen atoms in total. The molecule has 7 heteroatoms. The van der Waals surface area contributed by atoms with Crippen molar-refractivity contribution >= 4 is 15.7 Å². The van der Waals surface area contributed by atoms with Crippen LogP contribution < -0.4 is 5.73 Å². The molecule has 0 amide bonds. The lowest BCUT2D eigenvalue weighted by atomic mass is 10.2. The molecule has 1 rings (SSSR count). The number of anilines is 1. The summed E-state index contributed by atoms with van der Waals surface area (Å²) in [7, 11) is -2.16. The monoisotopic (exact) mass is 297 g/mol. The van der Waals surface area contributed by atoms with Gasteiger partial charge in [0.25, 0.3) is 0 Å². The molecule has 0 aliphatic rings. The van der Waals surface area contributed by atoms with Gasteiger partial charge in [0.05, 0.1) is 17.6 Å². The minimum atomic E-state index is -3.66. The third kappa shape index (κ3) is 3.93. The van der Waals surface area contributed by atoms with E-state index in [0.717, 1.165) is 5.56 Å². The van der Waals surface area contributed by atoms with Gasteiger partial charge >= 0.3 is 0 Å². The van der Waals surface area contributed by atoms with Crippen LogP contribution in [0.3, 0.4) is 0 Å². The predicted octanol–water partition coefficient (Wildman–Crippen LogP) is 1.13. The van der Waals surface area contributed by atoms with Crippen LogP contribution >= 0.6 is 0 Å². The Hall–Kier alpha value is -1.62. The third-order valence-electron chi connectivity index (χ3n) is 2.91. The topological polar surface area (TPSA) is 96.4 Å². The van der Waals surface area contributed by atoms with Crippen molar-refractivity contribution in [3.8, 4) is 6.07 Å². The van der Waals surface area contributed by atoms with Crippen LogP contribution in [-0.4, -0.2) is 39.5 Å². The molecule has 0 spiro atoms. The highest BCUT2D eigenvalue weighted by Crippen LogP contribution is 2.21. The minimum Gasteiger partial charge on any atom is -0.398 e. The van der Waals surface area contributed by atoms with Gasteiger partial charge < -0.3 is 10.5 Å². The summed E-state index contributed by atoms with van der Waals surface area (Å²) in [6, 6.07) is 6.58. The molecule has 0 saturated heterocycles. The molecule has 1 aromatic carbocycles. The first-order valence-corrected chi connectivity index (χ1v) is 7.59. The molecule has 110 valence electrons. The zero-order chi connectivity index (χ0) is 15.2. The van der Waals surface area contributed by atoms with Crippen molar-refractivity contribution in [2.45, 2.75) is 18.2 Å². The summed E-state index contributed by atoms with van der Waals surface area (Å²) in [6.45, 7) is 2.42. The van der Waals surface area contributed by atoms with Crippen molar-refractivity contribution < 1.29 is 13.2 Å².